The molecule has 0 radical (unpaired) electrons. The van der Waals surface area contributed by atoms with Crippen molar-refractivity contribution < 1.29 is 8.78 Å². The van der Waals surface area contributed by atoms with Crippen LogP contribution in [0.5, 0.6) is 0 Å². The first kappa shape index (κ1) is 15.1. The molecule has 4 heteroatoms. The maximum atomic E-state index is 13.5. The first-order valence-electron chi connectivity index (χ1n) is 6.47. The summed E-state index contributed by atoms with van der Waals surface area (Å²) in [6.07, 6.45) is 0.328. The summed E-state index contributed by atoms with van der Waals surface area (Å²) in [5, 5.41) is 3.27. The lowest BCUT2D eigenvalue weighted by molar-refractivity contribution is 0.499. The highest BCUT2D eigenvalue weighted by atomic mass is 79.9. The lowest BCUT2D eigenvalue weighted by Crippen LogP contribution is -2.28. The topological polar surface area (TPSA) is 12.0 Å². The Kier molecular flexibility index (Phi) is 5.26. The smallest absolute Gasteiger partial charge is 0.129 e. The van der Waals surface area contributed by atoms with Crippen molar-refractivity contribution >= 4 is 15.9 Å². The molecule has 0 amide bonds. The Morgan fingerprint density at radius 2 is 1.65 bits per heavy atom. The minimum atomic E-state index is -0.484. The standard InChI is InChI=1S/C16H16BrF2N/c1-11(9-14-15(18)3-2-4-16(14)19)20-10-12-5-7-13(17)8-6-12/h2-8,11,20H,9-10H2,1H3. The van der Waals surface area contributed by atoms with Crippen LogP contribution in [-0.4, -0.2) is 6.04 Å². The summed E-state index contributed by atoms with van der Waals surface area (Å²) in [6.45, 7) is 2.59. The maximum absolute atomic E-state index is 13.5. The maximum Gasteiger partial charge on any atom is 0.129 e. The first-order valence-corrected chi connectivity index (χ1v) is 7.26. The van der Waals surface area contributed by atoms with Crippen molar-refractivity contribution in [3.63, 3.8) is 0 Å². The molecule has 1 N–H and O–H groups in total. The van der Waals surface area contributed by atoms with E-state index in [9.17, 15) is 8.78 Å². The summed E-state index contributed by atoms with van der Waals surface area (Å²) in [5.74, 6) is -0.968. The van der Waals surface area contributed by atoms with E-state index < -0.39 is 11.6 Å². The third-order valence-corrected chi connectivity index (χ3v) is 3.67. The van der Waals surface area contributed by atoms with E-state index in [4.69, 9.17) is 0 Å². The van der Waals surface area contributed by atoms with Crippen LogP contribution in [0, 0.1) is 11.6 Å². The molecule has 1 nitrogen and oxygen atoms in total. The number of benzene rings is 2. The Hall–Kier alpha value is -1.26. The number of hydrogen-bond acceptors (Lipinski definition) is 1. The average molecular weight is 340 g/mol. The molecule has 20 heavy (non-hydrogen) atoms. The highest BCUT2D eigenvalue weighted by molar-refractivity contribution is 9.10. The zero-order chi connectivity index (χ0) is 14.5. The van der Waals surface area contributed by atoms with Gasteiger partial charge in [-0.3, -0.25) is 0 Å². The molecule has 0 aliphatic heterocycles. The summed E-state index contributed by atoms with van der Waals surface area (Å²) in [5.41, 5.74) is 1.28. The van der Waals surface area contributed by atoms with Gasteiger partial charge in [-0.15, -0.1) is 0 Å². The van der Waals surface area contributed by atoms with E-state index in [-0.39, 0.29) is 11.6 Å². The molecule has 2 rings (SSSR count). The van der Waals surface area contributed by atoms with Crippen molar-refractivity contribution in [1.29, 1.82) is 0 Å². The molecular weight excluding hydrogens is 324 g/mol. The van der Waals surface area contributed by atoms with Crippen molar-refractivity contribution in [2.45, 2.75) is 25.9 Å². The molecule has 1 unspecified atom stereocenters. The van der Waals surface area contributed by atoms with Crippen LogP contribution < -0.4 is 5.32 Å². The monoisotopic (exact) mass is 339 g/mol. The molecule has 1 atom stereocenters. The van der Waals surface area contributed by atoms with E-state index in [0.717, 1.165) is 10.0 Å². The van der Waals surface area contributed by atoms with Gasteiger partial charge in [-0.25, -0.2) is 8.78 Å². The highest BCUT2D eigenvalue weighted by Gasteiger charge is 2.12. The summed E-state index contributed by atoms with van der Waals surface area (Å²) in [4.78, 5) is 0. The molecule has 0 fully saturated rings. The molecule has 0 spiro atoms. The van der Waals surface area contributed by atoms with Gasteiger partial charge in [-0.1, -0.05) is 34.1 Å². The van der Waals surface area contributed by atoms with Crippen molar-refractivity contribution in [1.82, 2.24) is 5.32 Å². The summed E-state index contributed by atoms with van der Waals surface area (Å²) >= 11 is 3.38. The van der Waals surface area contributed by atoms with Gasteiger partial charge in [0.25, 0.3) is 0 Å². The summed E-state index contributed by atoms with van der Waals surface area (Å²) in [7, 11) is 0. The molecule has 0 aromatic heterocycles. The Bertz CT molecular complexity index is 549. The minimum absolute atomic E-state index is 0.00922. The average Bonchev–Trinajstić information content (AvgIpc) is 2.42. The number of nitrogens with one attached hydrogen (secondary N) is 1. The van der Waals surface area contributed by atoms with Gasteiger partial charge in [0, 0.05) is 22.6 Å². The Morgan fingerprint density at radius 3 is 2.25 bits per heavy atom. The van der Waals surface area contributed by atoms with Gasteiger partial charge in [0.05, 0.1) is 0 Å². The molecule has 0 saturated heterocycles. The van der Waals surface area contributed by atoms with E-state index in [1.807, 2.05) is 31.2 Å². The second kappa shape index (κ2) is 6.95. The van der Waals surface area contributed by atoms with E-state index in [1.165, 1.54) is 18.2 Å². The van der Waals surface area contributed by atoms with E-state index in [0.29, 0.717) is 13.0 Å². The largest absolute Gasteiger partial charge is 0.310 e. The zero-order valence-corrected chi connectivity index (χ0v) is 12.8. The Morgan fingerprint density at radius 1 is 1.05 bits per heavy atom. The molecule has 2 aromatic rings. The van der Waals surface area contributed by atoms with Gasteiger partial charge in [0.15, 0.2) is 0 Å². The predicted octanol–water partition coefficient (Wildman–Crippen LogP) is 4.45. The summed E-state index contributed by atoms with van der Waals surface area (Å²) in [6, 6.07) is 11.9. The van der Waals surface area contributed by atoms with E-state index >= 15 is 0 Å². The van der Waals surface area contributed by atoms with E-state index in [2.05, 4.69) is 21.2 Å². The second-order valence-electron chi connectivity index (χ2n) is 4.81. The molecule has 0 saturated carbocycles. The molecular formula is C16H16BrF2N. The van der Waals surface area contributed by atoms with Gasteiger partial charge in [0.2, 0.25) is 0 Å². The minimum Gasteiger partial charge on any atom is -0.310 e. The van der Waals surface area contributed by atoms with Crippen LogP contribution in [0.2, 0.25) is 0 Å². The van der Waals surface area contributed by atoms with E-state index in [1.54, 1.807) is 0 Å². The zero-order valence-electron chi connectivity index (χ0n) is 11.2. The van der Waals surface area contributed by atoms with Gasteiger partial charge in [0.1, 0.15) is 11.6 Å². The lowest BCUT2D eigenvalue weighted by atomic mass is 10.1. The lowest BCUT2D eigenvalue weighted by Gasteiger charge is -2.15. The quantitative estimate of drug-likeness (QED) is 0.848. The van der Waals surface area contributed by atoms with Crippen LogP contribution in [0.25, 0.3) is 0 Å². The van der Waals surface area contributed by atoms with Gasteiger partial charge in [-0.05, 0) is 43.2 Å². The van der Waals surface area contributed by atoms with Crippen LogP contribution in [0.4, 0.5) is 8.78 Å². The number of halogens is 3. The number of hydrogen-bond donors (Lipinski definition) is 1. The normalized spacial score (nSPS) is 12.4. The Balaban J connectivity index is 1.92. The third-order valence-electron chi connectivity index (χ3n) is 3.14. The third kappa shape index (κ3) is 4.12. The van der Waals surface area contributed by atoms with Crippen LogP contribution in [0.1, 0.15) is 18.1 Å². The van der Waals surface area contributed by atoms with Crippen LogP contribution in [0.3, 0.4) is 0 Å². The van der Waals surface area contributed by atoms with Gasteiger partial charge >= 0.3 is 0 Å². The fourth-order valence-electron chi connectivity index (χ4n) is 2.00. The fourth-order valence-corrected chi connectivity index (χ4v) is 2.26. The SMILES string of the molecule is CC(Cc1c(F)cccc1F)NCc1ccc(Br)cc1. The van der Waals surface area contributed by atoms with Crippen LogP contribution in [-0.2, 0) is 13.0 Å². The second-order valence-corrected chi connectivity index (χ2v) is 5.73. The number of rotatable bonds is 5. The highest BCUT2D eigenvalue weighted by Crippen LogP contribution is 2.15. The van der Waals surface area contributed by atoms with Crippen molar-refractivity contribution in [2.75, 3.05) is 0 Å². The van der Waals surface area contributed by atoms with Gasteiger partial charge < -0.3 is 5.32 Å². The predicted molar refractivity (Wildman–Crippen MR) is 80.5 cm³/mol. The molecule has 106 valence electrons. The van der Waals surface area contributed by atoms with Crippen molar-refractivity contribution in [3.05, 3.63) is 69.7 Å². The molecule has 2 aromatic carbocycles. The van der Waals surface area contributed by atoms with Gasteiger partial charge in [-0.2, -0.15) is 0 Å². The van der Waals surface area contributed by atoms with Crippen molar-refractivity contribution in [2.24, 2.45) is 0 Å². The molecule has 0 aliphatic rings. The first-order chi connectivity index (χ1) is 9.56. The van der Waals surface area contributed by atoms with Crippen molar-refractivity contribution in [3.8, 4) is 0 Å². The molecule has 0 heterocycles. The summed E-state index contributed by atoms with van der Waals surface area (Å²) < 4.78 is 28.1. The van der Waals surface area contributed by atoms with Crippen LogP contribution >= 0.6 is 15.9 Å². The fraction of sp³-hybridized carbons (Fsp3) is 0.250. The molecule has 0 aliphatic carbocycles. The Labute approximate surface area is 126 Å². The van der Waals surface area contributed by atoms with Crippen LogP contribution in [0.15, 0.2) is 46.9 Å². The molecule has 0 bridgehead atoms.